The molecule has 0 aromatic heterocycles. The lowest BCUT2D eigenvalue weighted by Crippen LogP contribution is -1.83. The molecule has 0 fully saturated rings. The maximum Gasteiger partial charge on any atom is -0.0346 e. The van der Waals surface area contributed by atoms with E-state index in [2.05, 4.69) is 33.8 Å². The Morgan fingerprint density at radius 2 is 1.64 bits per heavy atom. The molecular formula is C11H24. The molecular weight excluding hydrogens is 132 g/mol. The lowest BCUT2D eigenvalue weighted by Gasteiger charge is -1.99. The highest BCUT2D eigenvalue weighted by Crippen LogP contribution is 2.05. The summed E-state index contributed by atoms with van der Waals surface area (Å²) in [6, 6.07) is 0. The molecule has 0 aromatic carbocycles. The smallest absolute Gasteiger partial charge is 0.0346 e. The van der Waals surface area contributed by atoms with E-state index in [1.165, 1.54) is 18.4 Å². The standard InChI is InChI=1S/C9H18.C2H6/c1-8(2)6-5-7-9(3)4;1-2/h6,9H,5,7H2,1-4H3;1-2H3. The van der Waals surface area contributed by atoms with E-state index in [-0.39, 0.29) is 0 Å². The van der Waals surface area contributed by atoms with E-state index in [1.807, 2.05) is 13.8 Å². The maximum atomic E-state index is 2.31. The molecule has 0 unspecified atom stereocenters. The highest BCUT2D eigenvalue weighted by Gasteiger charge is 1.89. The third kappa shape index (κ3) is 17.7. The first-order valence-corrected chi connectivity index (χ1v) is 4.76. The normalized spacial score (nSPS) is 8.64. The molecule has 0 heterocycles. The molecule has 0 amide bonds. The van der Waals surface area contributed by atoms with Gasteiger partial charge in [-0.1, -0.05) is 39.3 Å². The van der Waals surface area contributed by atoms with E-state index >= 15 is 0 Å². The van der Waals surface area contributed by atoms with Crippen LogP contribution >= 0.6 is 0 Å². The molecule has 0 rings (SSSR count). The fourth-order valence-corrected chi connectivity index (χ4v) is 0.705. The molecule has 11 heavy (non-hydrogen) atoms. The van der Waals surface area contributed by atoms with Crippen molar-refractivity contribution in [2.75, 3.05) is 0 Å². The van der Waals surface area contributed by atoms with Gasteiger partial charge >= 0.3 is 0 Å². The largest absolute Gasteiger partial charge is 0.0859 e. The van der Waals surface area contributed by atoms with Crippen molar-refractivity contribution in [2.45, 2.75) is 54.4 Å². The molecule has 0 saturated heterocycles. The van der Waals surface area contributed by atoms with Gasteiger partial charge in [-0.2, -0.15) is 0 Å². The lowest BCUT2D eigenvalue weighted by molar-refractivity contribution is 0.593. The molecule has 0 heteroatoms. The van der Waals surface area contributed by atoms with Gasteiger partial charge in [0.15, 0.2) is 0 Å². The average molecular weight is 156 g/mol. The van der Waals surface area contributed by atoms with Gasteiger partial charge in [-0.25, -0.2) is 0 Å². The van der Waals surface area contributed by atoms with Crippen LogP contribution in [0.5, 0.6) is 0 Å². The zero-order valence-corrected chi connectivity index (χ0v) is 9.07. The van der Waals surface area contributed by atoms with Crippen molar-refractivity contribution < 1.29 is 0 Å². The van der Waals surface area contributed by atoms with Crippen LogP contribution in [0, 0.1) is 5.92 Å². The van der Waals surface area contributed by atoms with Crippen molar-refractivity contribution in [2.24, 2.45) is 5.92 Å². The van der Waals surface area contributed by atoms with Crippen LogP contribution in [0.2, 0.25) is 0 Å². The van der Waals surface area contributed by atoms with Crippen LogP contribution < -0.4 is 0 Å². The van der Waals surface area contributed by atoms with Crippen LogP contribution in [-0.4, -0.2) is 0 Å². The summed E-state index contributed by atoms with van der Waals surface area (Å²) >= 11 is 0. The first-order valence-electron chi connectivity index (χ1n) is 4.76. The summed E-state index contributed by atoms with van der Waals surface area (Å²) in [5, 5.41) is 0. The fourth-order valence-electron chi connectivity index (χ4n) is 0.705. The Labute approximate surface area is 72.7 Å². The molecule has 0 nitrogen and oxygen atoms in total. The fraction of sp³-hybridized carbons (Fsp3) is 0.818. The molecule has 0 aliphatic rings. The third-order valence-electron chi connectivity index (χ3n) is 1.30. The molecule has 0 spiro atoms. The number of allylic oxidation sites excluding steroid dienone is 2. The molecule has 68 valence electrons. The van der Waals surface area contributed by atoms with Gasteiger partial charge < -0.3 is 0 Å². The third-order valence-corrected chi connectivity index (χ3v) is 1.30. The van der Waals surface area contributed by atoms with Crippen LogP contribution in [0.1, 0.15) is 54.4 Å². The SMILES string of the molecule is CC.CC(C)=CCCC(C)C. The number of rotatable bonds is 3. The highest BCUT2D eigenvalue weighted by molar-refractivity contribution is 4.92. The minimum atomic E-state index is 0.848. The van der Waals surface area contributed by atoms with Crippen molar-refractivity contribution >= 4 is 0 Å². The minimum absolute atomic E-state index is 0.848. The van der Waals surface area contributed by atoms with Crippen molar-refractivity contribution in [3.8, 4) is 0 Å². The first kappa shape index (κ1) is 13.3. The predicted octanol–water partition coefficient (Wildman–Crippen LogP) is 4.42. The summed E-state index contributed by atoms with van der Waals surface area (Å²) in [4.78, 5) is 0. The molecule has 0 atom stereocenters. The van der Waals surface area contributed by atoms with Gasteiger partial charge in [0.05, 0.1) is 0 Å². The Kier molecular flexibility index (Phi) is 11.8. The Balaban J connectivity index is 0. The second-order valence-electron chi connectivity index (χ2n) is 3.25. The zero-order valence-electron chi connectivity index (χ0n) is 9.07. The van der Waals surface area contributed by atoms with Gasteiger partial charge in [0.2, 0.25) is 0 Å². The summed E-state index contributed by atoms with van der Waals surface area (Å²) in [5.74, 6) is 0.848. The van der Waals surface area contributed by atoms with E-state index in [9.17, 15) is 0 Å². The number of hydrogen-bond acceptors (Lipinski definition) is 0. The van der Waals surface area contributed by atoms with Crippen molar-refractivity contribution in [1.82, 2.24) is 0 Å². The monoisotopic (exact) mass is 156 g/mol. The van der Waals surface area contributed by atoms with E-state index in [0.29, 0.717) is 0 Å². The molecule has 0 aromatic rings. The molecule has 0 bridgehead atoms. The summed E-state index contributed by atoms with van der Waals surface area (Å²) < 4.78 is 0. The Morgan fingerprint density at radius 3 is 1.91 bits per heavy atom. The highest BCUT2D eigenvalue weighted by atomic mass is 14.0. The first-order chi connectivity index (χ1) is 5.13. The second-order valence-corrected chi connectivity index (χ2v) is 3.25. The zero-order chi connectivity index (χ0) is 9.28. The van der Waals surface area contributed by atoms with Crippen molar-refractivity contribution in [3.05, 3.63) is 11.6 Å². The van der Waals surface area contributed by atoms with E-state index in [0.717, 1.165) is 5.92 Å². The summed E-state index contributed by atoms with van der Waals surface area (Å²) in [6.07, 6.45) is 4.88. The quantitative estimate of drug-likeness (QED) is 0.531. The van der Waals surface area contributed by atoms with Crippen LogP contribution in [0.3, 0.4) is 0 Å². The van der Waals surface area contributed by atoms with E-state index in [1.54, 1.807) is 0 Å². The summed E-state index contributed by atoms with van der Waals surface area (Å²) in [7, 11) is 0. The van der Waals surface area contributed by atoms with Gasteiger partial charge in [0.1, 0.15) is 0 Å². The number of hydrogen-bond donors (Lipinski definition) is 0. The van der Waals surface area contributed by atoms with Crippen molar-refractivity contribution in [3.63, 3.8) is 0 Å². The Morgan fingerprint density at radius 1 is 1.18 bits per heavy atom. The van der Waals surface area contributed by atoms with Crippen LogP contribution in [0.25, 0.3) is 0 Å². The van der Waals surface area contributed by atoms with E-state index < -0.39 is 0 Å². The lowest BCUT2D eigenvalue weighted by atomic mass is 10.1. The van der Waals surface area contributed by atoms with Gasteiger partial charge in [-0.15, -0.1) is 0 Å². The van der Waals surface area contributed by atoms with Crippen molar-refractivity contribution in [1.29, 1.82) is 0 Å². The Hall–Kier alpha value is -0.260. The van der Waals surface area contributed by atoms with Gasteiger partial charge in [-0.3, -0.25) is 0 Å². The molecule has 0 N–H and O–H groups in total. The minimum Gasteiger partial charge on any atom is -0.0859 e. The van der Waals surface area contributed by atoms with Crippen LogP contribution in [-0.2, 0) is 0 Å². The molecule has 0 aliphatic carbocycles. The van der Waals surface area contributed by atoms with Gasteiger partial charge in [0, 0.05) is 0 Å². The average Bonchev–Trinajstić information content (AvgIpc) is 1.90. The van der Waals surface area contributed by atoms with Gasteiger partial charge in [0.25, 0.3) is 0 Å². The predicted molar refractivity (Wildman–Crippen MR) is 54.9 cm³/mol. The Bertz CT molecular complexity index is 84.2. The van der Waals surface area contributed by atoms with E-state index in [4.69, 9.17) is 0 Å². The van der Waals surface area contributed by atoms with Crippen LogP contribution in [0.4, 0.5) is 0 Å². The molecule has 0 aliphatic heterocycles. The van der Waals surface area contributed by atoms with Gasteiger partial charge in [-0.05, 0) is 32.6 Å². The second kappa shape index (κ2) is 9.74. The topological polar surface area (TPSA) is 0 Å². The summed E-state index contributed by atoms with van der Waals surface area (Å²) in [6.45, 7) is 12.8. The molecule has 0 radical (unpaired) electrons. The van der Waals surface area contributed by atoms with Crippen LogP contribution in [0.15, 0.2) is 11.6 Å². The summed E-state index contributed by atoms with van der Waals surface area (Å²) in [5.41, 5.74) is 1.44. The molecule has 0 saturated carbocycles. The maximum absolute atomic E-state index is 2.31.